The molecule has 2 heterocycles. The van der Waals surface area contributed by atoms with Crippen molar-refractivity contribution in [3.05, 3.63) is 0 Å². The Morgan fingerprint density at radius 1 is 1.21 bits per heavy atom. The van der Waals surface area contributed by atoms with Crippen molar-refractivity contribution < 1.29 is 0 Å². The van der Waals surface area contributed by atoms with Gasteiger partial charge >= 0.3 is 0 Å². The second kappa shape index (κ2) is 5.31. The van der Waals surface area contributed by atoms with Crippen LogP contribution in [-0.4, -0.2) is 53.5 Å². The molecule has 3 aliphatic rings. The van der Waals surface area contributed by atoms with Gasteiger partial charge in [0.1, 0.15) is 0 Å². The number of likely N-dealkylation sites (tertiary alicyclic amines) is 1. The Labute approximate surface area is 117 Å². The summed E-state index contributed by atoms with van der Waals surface area (Å²) in [7, 11) is 0. The Balaban J connectivity index is 1.77. The van der Waals surface area contributed by atoms with Crippen molar-refractivity contribution in [1.29, 1.82) is 0 Å². The van der Waals surface area contributed by atoms with E-state index in [-0.39, 0.29) is 5.54 Å². The van der Waals surface area contributed by atoms with Gasteiger partial charge in [0.25, 0.3) is 0 Å². The molecule has 1 saturated heterocycles. The molecule has 0 aromatic heterocycles. The molecule has 2 fully saturated rings. The van der Waals surface area contributed by atoms with Gasteiger partial charge in [-0.1, -0.05) is 19.8 Å². The minimum atomic E-state index is 0.253. The number of rotatable bonds is 2. The largest absolute Gasteiger partial charge is 0.370 e. The van der Waals surface area contributed by atoms with Gasteiger partial charge in [-0.2, -0.15) is 0 Å². The number of nitrogens with zero attached hydrogens (tertiary/aromatic N) is 3. The van der Waals surface area contributed by atoms with Crippen molar-refractivity contribution in [2.75, 3.05) is 26.2 Å². The molecule has 2 aliphatic heterocycles. The van der Waals surface area contributed by atoms with E-state index in [1.165, 1.54) is 64.6 Å². The Bertz CT molecular complexity index is 348. The van der Waals surface area contributed by atoms with Crippen LogP contribution in [0.1, 0.15) is 51.9 Å². The Kier molecular flexibility index (Phi) is 3.70. The normalized spacial score (nSPS) is 33.9. The Hall–Kier alpha value is -0.770. The maximum Gasteiger partial charge on any atom is 0.192 e. The second-order valence-corrected chi connectivity index (χ2v) is 6.49. The third kappa shape index (κ3) is 2.35. The predicted octanol–water partition coefficient (Wildman–Crippen LogP) is 1.80. The van der Waals surface area contributed by atoms with Crippen LogP contribution < -0.4 is 5.73 Å². The van der Waals surface area contributed by atoms with Gasteiger partial charge in [-0.15, -0.1) is 0 Å². The summed E-state index contributed by atoms with van der Waals surface area (Å²) >= 11 is 0. The Morgan fingerprint density at radius 2 is 2.00 bits per heavy atom. The first kappa shape index (κ1) is 13.2. The van der Waals surface area contributed by atoms with E-state index in [2.05, 4.69) is 21.7 Å². The van der Waals surface area contributed by atoms with E-state index in [0.29, 0.717) is 6.04 Å². The van der Waals surface area contributed by atoms with E-state index < -0.39 is 0 Å². The van der Waals surface area contributed by atoms with Gasteiger partial charge in [0.2, 0.25) is 0 Å². The first-order valence-electron chi connectivity index (χ1n) is 8.07. The summed E-state index contributed by atoms with van der Waals surface area (Å²) in [5, 5.41) is 0. The molecule has 1 saturated carbocycles. The smallest absolute Gasteiger partial charge is 0.192 e. The van der Waals surface area contributed by atoms with Crippen molar-refractivity contribution in [3.63, 3.8) is 0 Å². The van der Waals surface area contributed by atoms with Crippen LogP contribution in [0.3, 0.4) is 0 Å². The molecule has 4 heteroatoms. The van der Waals surface area contributed by atoms with Gasteiger partial charge in [0.05, 0.1) is 12.1 Å². The van der Waals surface area contributed by atoms with E-state index in [9.17, 15) is 0 Å². The first-order chi connectivity index (χ1) is 9.25. The number of guanidine groups is 1. The molecule has 0 radical (unpaired) electrons. The minimum absolute atomic E-state index is 0.253. The van der Waals surface area contributed by atoms with Gasteiger partial charge in [-0.05, 0) is 45.2 Å². The second-order valence-electron chi connectivity index (χ2n) is 6.49. The van der Waals surface area contributed by atoms with Crippen LogP contribution in [0.2, 0.25) is 0 Å². The van der Waals surface area contributed by atoms with Gasteiger partial charge in [0, 0.05) is 12.6 Å². The summed E-state index contributed by atoms with van der Waals surface area (Å²) in [6.45, 7) is 6.84. The quantitative estimate of drug-likeness (QED) is 0.827. The van der Waals surface area contributed by atoms with E-state index in [1.54, 1.807) is 0 Å². The highest BCUT2D eigenvalue weighted by molar-refractivity contribution is 5.81. The fraction of sp³-hybridized carbons (Fsp3) is 0.933. The average Bonchev–Trinajstić information content (AvgIpc) is 2.96. The zero-order chi connectivity index (χ0) is 13.3. The highest BCUT2D eigenvalue weighted by Crippen LogP contribution is 2.38. The highest BCUT2D eigenvalue weighted by atomic mass is 15.4. The number of hydrogen-bond acceptors (Lipinski definition) is 4. The van der Waals surface area contributed by atoms with Crippen LogP contribution in [0.15, 0.2) is 4.99 Å². The number of nitrogens with two attached hydrogens (primary N) is 1. The molecule has 3 rings (SSSR count). The van der Waals surface area contributed by atoms with Crippen molar-refractivity contribution in [2.24, 2.45) is 10.7 Å². The molecule has 1 spiro atoms. The van der Waals surface area contributed by atoms with Crippen LogP contribution >= 0.6 is 0 Å². The lowest BCUT2D eigenvalue weighted by molar-refractivity contribution is 0.129. The molecule has 1 atom stereocenters. The molecule has 0 aromatic rings. The van der Waals surface area contributed by atoms with Crippen molar-refractivity contribution in [2.45, 2.75) is 63.5 Å². The van der Waals surface area contributed by atoms with E-state index in [4.69, 9.17) is 5.73 Å². The van der Waals surface area contributed by atoms with E-state index in [0.717, 1.165) is 12.5 Å². The summed E-state index contributed by atoms with van der Waals surface area (Å²) in [6, 6.07) is 0.666. The zero-order valence-electron chi connectivity index (χ0n) is 12.3. The standard InChI is InChI=1S/C15H28N4/c1-2-18-10-5-8-15(9-11-18)12-17-14(16)19(15)13-6-3-4-7-13/h13H,2-12H2,1H3,(H2,16,17). The predicted molar refractivity (Wildman–Crippen MR) is 79.3 cm³/mol. The van der Waals surface area contributed by atoms with Crippen molar-refractivity contribution in [1.82, 2.24) is 9.80 Å². The molecule has 0 aromatic carbocycles. The zero-order valence-corrected chi connectivity index (χ0v) is 12.3. The van der Waals surface area contributed by atoms with Crippen molar-refractivity contribution in [3.8, 4) is 0 Å². The molecule has 0 bridgehead atoms. The lowest BCUT2D eigenvalue weighted by Crippen LogP contribution is -2.56. The monoisotopic (exact) mass is 264 g/mol. The highest BCUT2D eigenvalue weighted by Gasteiger charge is 2.46. The summed E-state index contributed by atoms with van der Waals surface area (Å²) < 4.78 is 0. The molecular weight excluding hydrogens is 236 g/mol. The summed E-state index contributed by atoms with van der Waals surface area (Å²) in [5.41, 5.74) is 6.50. The molecule has 108 valence electrons. The van der Waals surface area contributed by atoms with Crippen LogP contribution in [0.5, 0.6) is 0 Å². The number of aliphatic imine (C=N–C) groups is 1. The van der Waals surface area contributed by atoms with Gasteiger partial charge < -0.3 is 15.5 Å². The third-order valence-corrected chi connectivity index (χ3v) is 5.44. The van der Waals surface area contributed by atoms with Crippen LogP contribution in [0.25, 0.3) is 0 Å². The fourth-order valence-electron chi connectivity index (χ4n) is 4.31. The summed E-state index contributed by atoms with van der Waals surface area (Å²) in [4.78, 5) is 9.75. The van der Waals surface area contributed by atoms with Gasteiger partial charge in [-0.3, -0.25) is 4.99 Å². The fourth-order valence-corrected chi connectivity index (χ4v) is 4.31. The Morgan fingerprint density at radius 3 is 2.74 bits per heavy atom. The van der Waals surface area contributed by atoms with E-state index in [1.807, 2.05) is 0 Å². The van der Waals surface area contributed by atoms with E-state index >= 15 is 0 Å². The van der Waals surface area contributed by atoms with Crippen LogP contribution in [-0.2, 0) is 0 Å². The molecule has 4 nitrogen and oxygen atoms in total. The number of hydrogen-bond donors (Lipinski definition) is 1. The first-order valence-corrected chi connectivity index (χ1v) is 8.07. The van der Waals surface area contributed by atoms with Gasteiger partial charge in [-0.25, -0.2) is 0 Å². The average molecular weight is 264 g/mol. The molecule has 1 aliphatic carbocycles. The van der Waals surface area contributed by atoms with Crippen molar-refractivity contribution >= 4 is 5.96 Å². The maximum absolute atomic E-state index is 6.24. The van der Waals surface area contributed by atoms with Gasteiger partial charge in [0.15, 0.2) is 5.96 Å². The van der Waals surface area contributed by atoms with Crippen LogP contribution in [0, 0.1) is 0 Å². The third-order valence-electron chi connectivity index (χ3n) is 5.44. The van der Waals surface area contributed by atoms with Crippen LogP contribution in [0.4, 0.5) is 0 Å². The lowest BCUT2D eigenvalue weighted by atomic mass is 9.88. The SMILES string of the molecule is CCN1CCCC2(CC1)CN=C(N)N2C1CCCC1. The molecular formula is C15H28N4. The summed E-state index contributed by atoms with van der Waals surface area (Å²) in [5.74, 6) is 0.830. The molecule has 2 N–H and O–H groups in total. The molecule has 19 heavy (non-hydrogen) atoms. The summed E-state index contributed by atoms with van der Waals surface area (Å²) in [6.07, 6.45) is 9.16. The molecule has 1 unspecified atom stereocenters. The molecule has 0 amide bonds. The minimum Gasteiger partial charge on any atom is -0.370 e. The topological polar surface area (TPSA) is 44.9 Å². The maximum atomic E-state index is 6.24. The lowest BCUT2D eigenvalue weighted by Gasteiger charge is -2.42.